The molecular weight excluding hydrogens is 697 g/mol. The summed E-state index contributed by atoms with van der Waals surface area (Å²) in [7, 11) is -4.19. The molecule has 236 valence electrons. The number of halogens is 3. The minimum Gasteiger partial charge on any atom is -0.352 e. The highest BCUT2D eigenvalue weighted by Gasteiger charge is 2.35. The van der Waals surface area contributed by atoms with Crippen molar-refractivity contribution in [1.82, 2.24) is 10.2 Å². The largest absolute Gasteiger partial charge is 0.352 e. The maximum Gasteiger partial charge on any atom is 0.264 e. The molecule has 0 aliphatic rings. The molecule has 1 N–H and O–H groups in total. The number of benzene rings is 4. The number of sulfonamides is 1. The number of carbonyl (C=O) groups excluding carboxylic acids is 2. The van der Waals surface area contributed by atoms with Crippen LogP contribution in [-0.2, 0) is 32.6 Å². The van der Waals surface area contributed by atoms with Gasteiger partial charge in [0.25, 0.3) is 10.0 Å². The van der Waals surface area contributed by atoms with E-state index in [0.29, 0.717) is 26.5 Å². The molecule has 0 aliphatic heterocycles. The van der Waals surface area contributed by atoms with Gasteiger partial charge in [-0.15, -0.1) is 0 Å². The molecule has 7 nitrogen and oxygen atoms in total. The fourth-order valence-corrected chi connectivity index (χ4v) is 6.99. The Morgan fingerprint density at radius 3 is 2.18 bits per heavy atom. The summed E-state index contributed by atoms with van der Waals surface area (Å²) in [6.45, 7) is 3.22. The highest BCUT2D eigenvalue weighted by atomic mass is 79.9. The summed E-state index contributed by atoms with van der Waals surface area (Å²) in [4.78, 5) is 29.9. The van der Waals surface area contributed by atoms with E-state index in [4.69, 9.17) is 23.2 Å². The van der Waals surface area contributed by atoms with Gasteiger partial charge in [-0.05, 0) is 66.9 Å². The molecule has 0 aromatic heterocycles. The van der Waals surface area contributed by atoms with Gasteiger partial charge in [-0.2, -0.15) is 0 Å². The van der Waals surface area contributed by atoms with Crippen molar-refractivity contribution in [2.45, 2.75) is 50.2 Å². The van der Waals surface area contributed by atoms with Crippen LogP contribution in [0.4, 0.5) is 5.69 Å². The van der Waals surface area contributed by atoms with Crippen LogP contribution in [0.2, 0.25) is 10.0 Å². The lowest BCUT2D eigenvalue weighted by Crippen LogP contribution is -2.54. The normalized spacial score (nSPS) is 12.6. The topological polar surface area (TPSA) is 86.8 Å². The van der Waals surface area contributed by atoms with E-state index in [0.717, 1.165) is 9.87 Å². The Bertz CT molecular complexity index is 1730. The van der Waals surface area contributed by atoms with Gasteiger partial charge in [0.2, 0.25) is 11.8 Å². The van der Waals surface area contributed by atoms with Crippen molar-refractivity contribution in [2.24, 2.45) is 0 Å². The van der Waals surface area contributed by atoms with E-state index in [1.165, 1.54) is 17.0 Å². The Balaban J connectivity index is 1.82. The smallest absolute Gasteiger partial charge is 0.264 e. The molecular formula is C34H34BrCl2N3O4S. The zero-order valence-corrected chi connectivity index (χ0v) is 28.8. The number of rotatable bonds is 13. The fourth-order valence-electron chi connectivity index (χ4n) is 4.71. The molecule has 0 aliphatic carbocycles. The minimum atomic E-state index is -4.19. The summed E-state index contributed by atoms with van der Waals surface area (Å²) in [6.07, 6.45) is 0.884. The summed E-state index contributed by atoms with van der Waals surface area (Å²) < 4.78 is 29.8. The number of anilines is 1. The zero-order chi connectivity index (χ0) is 32.6. The highest BCUT2D eigenvalue weighted by molar-refractivity contribution is 9.10. The number of nitrogens with one attached hydrogen (secondary N) is 1. The third-order valence-corrected chi connectivity index (χ3v) is 10.2. The summed E-state index contributed by atoms with van der Waals surface area (Å²) in [5.74, 6) is -0.938. The van der Waals surface area contributed by atoms with Gasteiger partial charge in [-0.1, -0.05) is 107 Å². The van der Waals surface area contributed by atoms with Crippen LogP contribution in [0.5, 0.6) is 0 Å². The molecule has 0 unspecified atom stereocenters. The average Bonchev–Trinajstić information content (AvgIpc) is 3.03. The van der Waals surface area contributed by atoms with Crippen molar-refractivity contribution in [2.75, 3.05) is 10.8 Å². The summed E-state index contributed by atoms with van der Waals surface area (Å²) >= 11 is 16.1. The predicted octanol–water partition coefficient (Wildman–Crippen LogP) is 7.51. The third kappa shape index (κ3) is 9.10. The monoisotopic (exact) mass is 729 g/mol. The molecule has 11 heteroatoms. The van der Waals surface area contributed by atoms with Crippen LogP contribution in [-0.4, -0.2) is 43.8 Å². The Hall–Kier alpha value is -3.37. The molecule has 4 aromatic carbocycles. The Morgan fingerprint density at radius 2 is 1.56 bits per heavy atom. The molecule has 4 aromatic rings. The van der Waals surface area contributed by atoms with Gasteiger partial charge >= 0.3 is 0 Å². The Labute approximate surface area is 283 Å². The molecule has 2 atom stereocenters. The summed E-state index contributed by atoms with van der Waals surface area (Å²) in [6, 6.07) is 27.8. The van der Waals surface area contributed by atoms with E-state index in [2.05, 4.69) is 21.2 Å². The second-order valence-electron chi connectivity index (χ2n) is 10.6. The quantitative estimate of drug-likeness (QED) is 0.154. The van der Waals surface area contributed by atoms with Crippen LogP contribution in [0.25, 0.3) is 0 Å². The maximum atomic E-state index is 14.5. The Kier molecular flexibility index (Phi) is 12.1. The molecule has 2 amide bonds. The number of carbonyl (C=O) groups is 2. The molecule has 0 radical (unpaired) electrons. The van der Waals surface area contributed by atoms with E-state index >= 15 is 0 Å². The number of amides is 2. The highest BCUT2D eigenvalue weighted by Crippen LogP contribution is 2.28. The number of hydrogen-bond donors (Lipinski definition) is 1. The second kappa shape index (κ2) is 15.8. The number of hydrogen-bond acceptors (Lipinski definition) is 4. The van der Waals surface area contributed by atoms with Crippen LogP contribution in [0.1, 0.15) is 31.4 Å². The van der Waals surface area contributed by atoms with Gasteiger partial charge in [-0.25, -0.2) is 8.42 Å². The van der Waals surface area contributed by atoms with Gasteiger partial charge < -0.3 is 10.2 Å². The van der Waals surface area contributed by atoms with Crippen molar-refractivity contribution < 1.29 is 18.0 Å². The van der Waals surface area contributed by atoms with E-state index < -0.39 is 28.5 Å². The van der Waals surface area contributed by atoms with Crippen LogP contribution >= 0.6 is 39.1 Å². The van der Waals surface area contributed by atoms with E-state index in [9.17, 15) is 18.0 Å². The van der Waals surface area contributed by atoms with Crippen LogP contribution in [0.15, 0.2) is 112 Å². The SMILES string of the molecule is CC[C@@H](C)NC(=O)[C@H](Cc1ccccc1)N(Cc1ccc(Cl)cc1Cl)C(=O)CN(c1cccc(Br)c1)S(=O)(=O)c1ccccc1. The van der Waals surface area contributed by atoms with Gasteiger partial charge in [0.15, 0.2) is 0 Å². The van der Waals surface area contributed by atoms with E-state index in [1.54, 1.807) is 60.7 Å². The van der Waals surface area contributed by atoms with Gasteiger partial charge in [-0.3, -0.25) is 13.9 Å². The molecule has 0 bridgehead atoms. The molecule has 0 fully saturated rings. The first-order valence-corrected chi connectivity index (χ1v) is 17.4. The van der Waals surface area contributed by atoms with Gasteiger partial charge in [0, 0.05) is 33.5 Å². The molecule has 0 saturated heterocycles. The van der Waals surface area contributed by atoms with Gasteiger partial charge in [0.05, 0.1) is 10.6 Å². The minimum absolute atomic E-state index is 0.0282. The van der Waals surface area contributed by atoms with Crippen molar-refractivity contribution >= 4 is 66.7 Å². The second-order valence-corrected chi connectivity index (χ2v) is 14.2. The first kappa shape index (κ1) is 34.5. The first-order chi connectivity index (χ1) is 21.5. The van der Waals surface area contributed by atoms with Crippen LogP contribution in [0, 0.1) is 0 Å². The lowest BCUT2D eigenvalue weighted by atomic mass is 10.0. The summed E-state index contributed by atoms with van der Waals surface area (Å²) in [5.41, 5.74) is 1.68. The average molecular weight is 732 g/mol. The first-order valence-electron chi connectivity index (χ1n) is 14.4. The van der Waals surface area contributed by atoms with Crippen LogP contribution < -0.4 is 9.62 Å². The van der Waals surface area contributed by atoms with Crippen molar-refractivity contribution in [3.05, 3.63) is 129 Å². The molecule has 0 saturated carbocycles. The zero-order valence-electron chi connectivity index (χ0n) is 24.9. The summed E-state index contributed by atoms with van der Waals surface area (Å²) in [5, 5.41) is 3.76. The maximum absolute atomic E-state index is 14.5. The van der Waals surface area contributed by atoms with Gasteiger partial charge in [0.1, 0.15) is 12.6 Å². The lowest BCUT2D eigenvalue weighted by molar-refractivity contribution is -0.140. The molecule has 0 spiro atoms. The van der Waals surface area contributed by atoms with Crippen LogP contribution in [0.3, 0.4) is 0 Å². The van der Waals surface area contributed by atoms with E-state index in [1.807, 2.05) is 44.2 Å². The molecule has 0 heterocycles. The molecule has 4 rings (SSSR count). The molecule has 45 heavy (non-hydrogen) atoms. The predicted molar refractivity (Wildman–Crippen MR) is 184 cm³/mol. The standard InChI is InChI=1S/C34H34BrCl2N3O4S/c1-3-24(2)38-34(42)32(19-25-11-6-4-7-12-25)39(22-26-17-18-28(36)21-31(26)37)33(41)23-40(29-14-10-13-27(35)20-29)45(43,44)30-15-8-5-9-16-30/h4-18,20-21,24,32H,3,19,22-23H2,1-2H3,(H,38,42)/t24-,32+/m1/s1. The Morgan fingerprint density at radius 1 is 0.889 bits per heavy atom. The van der Waals surface area contributed by atoms with Crippen molar-refractivity contribution in [3.8, 4) is 0 Å². The van der Waals surface area contributed by atoms with Crippen molar-refractivity contribution in [3.63, 3.8) is 0 Å². The third-order valence-electron chi connectivity index (χ3n) is 7.33. The van der Waals surface area contributed by atoms with Crippen molar-refractivity contribution in [1.29, 1.82) is 0 Å². The fraction of sp³-hybridized carbons (Fsp3) is 0.235. The van der Waals surface area contributed by atoms with E-state index in [-0.39, 0.29) is 35.5 Å². The lowest BCUT2D eigenvalue weighted by Gasteiger charge is -2.34. The number of nitrogens with zero attached hydrogens (tertiary/aromatic N) is 2.